The highest BCUT2D eigenvalue weighted by Gasteiger charge is 2.15. The fourth-order valence-electron chi connectivity index (χ4n) is 1.47. The monoisotopic (exact) mass is 234 g/mol. The number of halogens is 1. The van der Waals surface area contributed by atoms with Crippen LogP contribution in [0.3, 0.4) is 0 Å². The molecular weight excluding hydrogens is 215 g/mol. The van der Waals surface area contributed by atoms with Crippen LogP contribution >= 0.6 is 0 Å². The smallest absolute Gasteiger partial charge is 0.123 e. The predicted molar refractivity (Wildman–Crippen MR) is 67.0 cm³/mol. The van der Waals surface area contributed by atoms with E-state index in [2.05, 4.69) is 11.4 Å². The van der Waals surface area contributed by atoms with Gasteiger partial charge in [0.1, 0.15) is 5.82 Å². The van der Waals surface area contributed by atoms with E-state index in [1.807, 2.05) is 13.8 Å². The second kappa shape index (κ2) is 6.36. The van der Waals surface area contributed by atoms with Gasteiger partial charge in [0.2, 0.25) is 0 Å². The van der Waals surface area contributed by atoms with E-state index in [4.69, 9.17) is 5.26 Å². The van der Waals surface area contributed by atoms with Gasteiger partial charge in [-0.15, -0.1) is 0 Å². The Morgan fingerprint density at radius 3 is 2.47 bits per heavy atom. The maximum absolute atomic E-state index is 12.7. The van der Waals surface area contributed by atoms with Gasteiger partial charge in [0.05, 0.1) is 11.5 Å². The molecule has 0 saturated carbocycles. The minimum atomic E-state index is -0.261. The number of benzene rings is 1. The highest BCUT2D eigenvalue weighted by molar-refractivity contribution is 5.16. The van der Waals surface area contributed by atoms with Crippen LogP contribution in [0, 0.1) is 22.6 Å². The summed E-state index contributed by atoms with van der Waals surface area (Å²) in [5, 5.41) is 12.1. The molecule has 0 atom stereocenters. The van der Waals surface area contributed by atoms with Gasteiger partial charge < -0.3 is 5.32 Å². The third-order valence-electron chi connectivity index (χ3n) is 2.73. The lowest BCUT2D eigenvalue weighted by Gasteiger charge is -2.14. The van der Waals surface area contributed by atoms with Gasteiger partial charge in [-0.25, -0.2) is 4.39 Å². The van der Waals surface area contributed by atoms with Gasteiger partial charge in [-0.2, -0.15) is 5.26 Å². The van der Waals surface area contributed by atoms with Crippen molar-refractivity contribution in [2.75, 3.05) is 13.1 Å². The molecule has 0 spiro atoms. The molecule has 3 heteroatoms. The van der Waals surface area contributed by atoms with Gasteiger partial charge in [-0.1, -0.05) is 12.1 Å². The SMILES string of the molecule is CC(C)(C#N)CCNCCc1ccc(F)cc1. The minimum Gasteiger partial charge on any atom is -0.316 e. The average molecular weight is 234 g/mol. The summed E-state index contributed by atoms with van der Waals surface area (Å²) in [6.45, 7) is 5.57. The first-order valence-corrected chi connectivity index (χ1v) is 5.90. The summed E-state index contributed by atoms with van der Waals surface area (Å²) < 4.78 is 12.7. The largest absolute Gasteiger partial charge is 0.316 e. The molecule has 0 aliphatic heterocycles. The van der Waals surface area contributed by atoms with Crippen molar-refractivity contribution in [3.8, 4) is 6.07 Å². The van der Waals surface area contributed by atoms with E-state index in [0.29, 0.717) is 0 Å². The van der Waals surface area contributed by atoms with Crippen molar-refractivity contribution in [1.82, 2.24) is 5.32 Å². The van der Waals surface area contributed by atoms with E-state index in [0.717, 1.165) is 31.5 Å². The Kier molecular flexibility index (Phi) is 5.11. The number of hydrogen-bond acceptors (Lipinski definition) is 2. The standard InChI is InChI=1S/C14H19FN2/c1-14(2,11-16)8-10-17-9-7-12-3-5-13(15)6-4-12/h3-6,17H,7-10H2,1-2H3. The zero-order valence-corrected chi connectivity index (χ0v) is 10.5. The van der Waals surface area contributed by atoms with Gasteiger partial charge >= 0.3 is 0 Å². The van der Waals surface area contributed by atoms with Crippen LogP contribution in [0.2, 0.25) is 0 Å². The molecule has 0 aliphatic rings. The van der Waals surface area contributed by atoms with Crippen molar-refractivity contribution in [2.24, 2.45) is 5.41 Å². The van der Waals surface area contributed by atoms with Gasteiger partial charge in [0.15, 0.2) is 0 Å². The van der Waals surface area contributed by atoms with Crippen LogP contribution in [-0.4, -0.2) is 13.1 Å². The fraction of sp³-hybridized carbons (Fsp3) is 0.500. The Balaban J connectivity index is 2.17. The van der Waals surface area contributed by atoms with E-state index in [1.165, 1.54) is 12.1 Å². The van der Waals surface area contributed by atoms with Crippen LogP contribution in [0.4, 0.5) is 4.39 Å². The van der Waals surface area contributed by atoms with Crippen molar-refractivity contribution in [1.29, 1.82) is 5.26 Å². The topological polar surface area (TPSA) is 35.8 Å². The highest BCUT2D eigenvalue weighted by Crippen LogP contribution is 2.16. The second-order valence-corrected chi connectivity index (χ2v) is 4.87. The molecule has 0 saturated heterocycles. The van der Waals surface area contributed by atoms with Gasteiger partial charge in [-0.05, 0) is 57.5 Å². The first-order chi connectivity index (χ1) is 8.03. The maximum atomic E-state index is 12.7. The summed E-state index contributed by atoms with van der Waals surface area (Å²) in [5.41, 5.74) is 0.863. The highest BCUT2D eigenvalue weighted by atomic mass is 19.1. The number of rotatable bonds is 6. The van der Waals surface area contributed by atoms with Gasteiger partial charge in [0, 0.05) is 0 Å². The lowest BCUT2D eigenvalue weighted by molar-refractivity contribution is 0.434. The summed E-state index contributed by atoms with van der Waals surface area (Å²) >= 11 is 0. The summed E-state index contributed by atoms with van der Waals surface area (Å²) in [5.74, 6) is -0.197. The molecule has 1 aromatic rings. The minimum absolute atomic E-state index is 0.197. The lowest BCUT2D eigenvalue weighted by Crippen LogP contribution is -2.23. The van der Waals surface area contributed by atoms with E-state index in [-0.39, 0.29) is 11.2 Å². The molecule has 0 fully saturated rings. The van der Waals surface area contributed by atoms with Crippen molar-refractivity contribution in [2.45, 2.75) is 26.7 Å². The van der Waals surface area contributed by atoms with Gasteiger partial charge in [0.25, 0.3) is 0 Å². The van der Waals surface area contributed by atoms with Crippen molar-refractivity contribution in [3.63, 3.8) is 0 Å². The molecule has 1 aromatic carbocycles. The van der Waals surface area contributed by atoms with Crippen LogP contribution in [0.1, 0.15) is 25.8 Å². The van der Waals surface area contributed by atoms with E-state index in [9.17, 15) is 4.39 Å². The Labute approximate surface area is 102 Å². The molecule has 0 radical (unpaired) electrons. The van der Waals surface area contributed by atoms with Crippen molar-refractivity contribution in [3.05, 3.63) is 35.6 Å². The molecule has 0 aliphatic carbocycles. The lowest BCUT2D eigenvalue weighted by atomic mass is 9.91. The second-order valence-electron chi connectivity index (χ2n) is 4.87. The summed E-state index contributed by atoms with van der Waals surface area (Å²) in [4.78, 5) is 0. The molecule has 0 amide bonds. The Bertz CT molecular complexity index is 376. The van der Waals surface area contributed by atoms with Crippen LogP contribution in [0.5, 0.6) is 0 Å². The summed E-state index contributed by atoms with van der Waals surface area (Å²) in [7, 11) is 0. The number of hydrogen-bond donors (Lipinski definition) is 1. The van der Waals surface area contributed by atoms with E-state index in [1.54, 1.807) is 12.1 Å². The molecule has 0 bridgehead atoms. The molecule has 2 nitrogen and oxygen atoms in total. The van der Waals surface area contributed by atoms with Crippen molar-refractivity contribution >= 4 is 0 Å². The first kappa shape index (κ1) is 13.7. The van der Waals surface area contributed by atoms with Crippen LogP contribution in [0.25, 0.3) is 0 Å². The van der Waals surface area contributed by atoms with E-state index < -0.39 is 0 Å². The Morgan fingerprint density at radius 2 is 1.88 bits per heavy atom. The number of nitriles is 1. The average Bonchev–Trinajstić information content (AvgIpc) is 2.31. The molecule has 1 rings (SSSR count). The normalized spacial score (nSPS) is 11.2. The molecule has 0 heterocycles. The third kappa shape index (κ3) is 5.46. The van der Waals surface area contributed by atoms with Crippen molar-refractivity contribution < 1.29 is 4.39 Å². The Morgan fingerprint density at radius 1 is 1.24 bits per heavy atom. The zero-order chi connectivity index (χ0) is 12.7. The van der Waals surface area contributed by atoms with Crippen LogP contribution in [-0.2, 0) is 6.42 Å². The zero-order valence-electron chi connectivity index (χ0n) is 10.5. The number of nitrogens with zero attached hydrogens (tertiary/aromatic N) is 1. The third-order valence-corrected chi connectivity index (χ3v) is 2.73. The van der Waals surface area contributed by atoms with Gasteiger partial charge in [-0.3, -0.25) is 0 Å². The summed E-state index contributed by atoms with van der Waals surface area (Å²) in [6.07, 6.45) is 1.72. The summed E-state index contributed by atoms with van der Waals surface area (Å²) in [6, 6.07) is 8.84. The van der Waals surface area contributed by atoms with Crippen LogP contribution in [0.15, 0.2) is 24.3 Å². The quantitative estimate of drug-likeness (QED) is 0.768. The molecular formula is C14H19FN2. The predicted octanol–water partition coefficient (Wildman–Crippen LogP) is 2.90. The first-order valence-electron chi connectivity index (χ1n) is 5.90. The molecule has 0 unspecified atom stereocenters. The number of nitrogens with one attached hydrogen (secondary N) is 1. The Hall–Kier alpha value is -1.40. The van der Waals surface area contributed by atoms with E-state index >= 15 is 0 Å². The molecule has 17 heavy (non-hydrogen) atoms. The molecule has 0 aromatic heterocycles. The maximum Gasteiger partial charge on any atom is 0.123 e. The molecule has 92 valence electrons. The van der Waals surface area contributed by atoms with Crippen LogP contribution < -0.4 is 5.32 Å². The molecule has 1 N–H and O–H groups in total. The fourth-order valence-corrected chi connectivity index (χ4v) is 1.47.